The molecule has 1 aromatic carbocycles. The monoisotopic (exact) mass is 318 g/mol. The number of hydrogen-bond acceptors (Lipinski definition) is 4. The van der Waals surface area contributed by atoms with Gasteiger partial charge < -0.3 is 10.2 Å². The molecule has 0 saturated heterocycles. The first-order valence-electron chi connectivity index (χ1n) is 6.63. The molecule has 1 amide bonds. The van der Waals surface area contributed by atoms with Crippen LogP contribution in [0.25, 0.3) is 0 Å². The maximum absolute atomic E-state index is 11.7. The molecule has 4 rings (SSSR count). The molecule has 0 radical (unpaired) electrons. The first-order chi connectivity index (χ1) is 10.1. The average Bonchev–Trinajstić information content (AvgIpc) is 3.04. The van der Waals surface area contributed by atoms with Crippen molar-refractivity contribution in [2.24, 2.45) is 0 Å². The molecule has 0 aliphatic carbocycles. The Labute approximate surface area is 130 Å². The van der Waals surface area contributed by atoms with Crippen LogP contribution in [0.4, 0.5) is 11.4 Å². The first-order valence-corrected chi connectivity index (χ1v) is 7.88. The van der Waals surface area contributed by atoms with Gasteiger partial charge in [-0.05, 0) is 35.6 Å². The van der Waals surface area contributed by atoms with E-state index < -0.39 is 11.7 Å². The smallest absolute Gasteiger partial charge is 0.296 e. The lowest BCUT2D eigenvalue weighted by Gasteiger charge is -2.30. The molecule has 0 spiro atoms. The number of amides is 1. The van der Waals surface area contributed by atoms with Crippen LogP contribution in [0.3, 0.4) is 0 Å². The highest BCUT2D eigenvalue weighted by atomic mass is 35.5. The number of halogens is 1. The normalized spacial score (nSPS) is 16.7. The molecule has 21 heavy (non-hydrogen) atoms. The van der Waals surface area contributed by atoms with Gasteiger partial charge in [0.05, 0.1) is 22.0 Å². The van der Waals surface area contributed by atoms with Gasteiger partial charge in [0.25, 0.3) is 11.7 Å². The molecule has 1 N–H and O–H groups in total. The van der Waals surface area contributed by atoms with Crippen LogP contribution in [0.1, 0.15) is 20.8 Å². The topological polar surface area (TPSA) is 49.4 Å². The fourth-order valence-electron chi connectivity index (χ4n) is 2.85. The Bertz CT molecular complexity index is 784. The standard InChI is InChI=1S/C15H11ClN2O2S/c16-10-5-9-11(17-15(20)14(9)19)6-12(10)18-3-1-13-8(7-18)2-4-21-13/h2,4-6H,1,3,7H2,(H,17,19,20). The lowest BCUT2D eigenvalue weighted by Crippen LogP contribution is -2.29. The predicted octanol–water partition coefficient (Wildman–Crippen LogP) is 3.10. The van der Waals surface area contributed by atoms with Crippen LogP contribution < -0.4 is 10.2 Å². The second-order valence-electron chi connectivity index (χ2n) is 5.17. The number of carbonyl (C=O) groups is 2. The van der Waals surface area contributed by atoms with Crippen LogP contribution in [0, 0.1) is 0 Å². The van der Waals surface area contributed by atoms with Crippen molar-refractivity contribution in [3.63, 3.8) is 0 Å². The van der Waals surface area contributed by atoms with Gasteiger partial charge in [-0.3, -0.25) is 9.59 Å². The van der Waals surface area contributed by atoms with Crippen LogP contribution in [-0.4, -0.2) is 18.2 Å². The zero-order valence-corrected chi connectivity index (χ0v) is 12.6. The summed E-state index contributed by atoms with van der Waals surface area (Å²) in [6.07, 6.45) is 0.992. The summed E-state index contributed by atoms with van der Waals surface area (Å²) in [6.45, 7) is 1.69. The third kappa shape index (κ3) is 1.96. The summed E-state index contributed by atoms with van der Waals surface area (Å²) in [5.41, 5.74) is 3.10. The van der Waals surface area contributed by atoms with E-state index in [-0.39, 0.29) is 0 Å². The molecule has 2 aliphatic rings. The van der Waals surface area contributed by atoms with E-state index in [0.717, 1.165) is 25.2 Å². The van der Waals surface area contributed by atoms with Crippen LogP contribution in [0.5, 0.6) is 0 Å². The Hall–Kier alpha value is -1.85. The number of Topliss-reactive ketones (excluding diaryl/α,β-unsaturated/α-hetero) is 1. The third-order valence-electron chi connectivity index (χ3n) is 3.93. The zero-order valence-electron chi connectivity index (χ0n) is 11.0. The molecular formula is C15H11ClN2O2S. The largest absolute Gasteiger partial charge is 0.366 e. The van der Waals surface area contributed by atoms with Crippen molar-refractivity contribution in [2.45, 2.75) is 13.0 Å². The molecule has 106 valence electrons. The number of fused-ring (bicyclic) bond motifs is 2. The summed E-state index contributed by atoms with van der Waals surface area (Å²) < 4.78 is 0. The summed E-state index contributed by atoms with van der Waals surface area (Å²) >= 11 is 8.11. The number of ketones is 1. The van der Waals surface area contributed by atoms with Crippen LogP contribution in [0.2, 0.25) is 5.02 Å². The molecule has 6 heteroatoms. The van der Waals surface area contributed by atoms with E-state index in [2.05, 4.69) is 21.7 Å². The van der Waals surface area contributed by atoms with Gasteiger partial charge in [0, 0.05) is 18.0 Å². The molecule has 0 saturated carbocycles. The van der Waals surface area contributed by atoms with E-state index in [1.54, 1.807) is 23.5 Å². The van der Waals surface area contributed by atoms with E-state index >= 15 is 0 Å². The fraction of sp³-hybridized carbons (Fsp3) is 0.200. The Morgan fingerprint density at radius 1 is 1.29 bits per heavy atom. The molecule has 2 aromatic rings. The number of nitrogens with one attached hydrogen (secondary N) is 1. The number of anilines is 2. The molecule has 0 fully saturated rings. The van der Waals surface area contributed by atoms with Gasteiger partial charge in [-0.2, -0.15) is 0 Å². The second-order valence-corrected chi connectivity index (χ2v) is 6.58. The molecule has 0 bridgehead atoms. The maximum Gasteiger partial charge on any atom is 0.296 e. The lowest BCUT2D eigenvalue weighted by molar-refractivity contribution is -0.112. The van der Waals surface area contributed by atoms with Gasteiger partial charge >= 0.3 is 0 Å². The summed E-state index contributed by atoms with van der Waals surface area (Å²) in [5, 5.41) is 5.22. The van der Waals surface area contributed by atoms with E-state index in [9.17, 15) is 9.59 Å². The van der Waals surface area contributed by atoms with Crippen molar-refractivity contribution in [3.8, 4) is 0 Å². The van der Waals surface area contributed by atoms with Crippen LogP contribution in [-0.2, 0) is 17.8 Å². The Morgan fingerprint density at radius 3 is 3.00 bits per heavy atom. The number of benzene rings is 1. The van der Waals surface area contributed by atoms with Gasteiger partial charge in [-0.1, -0.05) is 11.6 Å². The number of thiophene rings is 1. The third-order valence-corrected chi connectivity index (χ3v) is 5.26. The van der Waals surface area contributed by atoms with Gasteiger partial charge in [-0.25, -0.2) is 0 Å². The highest BCUT2D eigenvalue weighted by Gasteiger charge is 2.30. The molecule has 4 nitrogen and oxygen atoms in total. The van der Waals surface area contributed by atoms with Crippen LogP contribution >= 0.6 is 22.9 Å². The molecule has 0 unspecified atom stereocenters. The minimum Gasteiger partial charge on any atom is -0.366 e. The van der Waals surface area contributed by atoms with Crippen molar-refractivity contribution in [3.05, 3.63) is 44.6 Å². The second kappa shape index (κ2) is 4.58. The van der Waals surface area contributed by atoms with Crippen molar-refractivity contribution in [2.75, 3.05) is 16.8 Å². The molecule has 2 aliphatic heterocycles. The Balaban J connectivity index is 1.73. The van der Waals surface area contributed by atoms with E-state index in [4.69, 9.17) is 11.6 Å². The lowest BCUT2D eigenvalue weighted by atomic mass is 10.1. The molecule has 3 heterocycles. The van der Waals surface area contributed by atoms with Gasteiger partial charge in [-0.15, -0.1) is 11.3 Å². The van der Waals surface area contributed by atoms with Crippen molar-refractivity contribution < 1.29 is 9.59 Å². The Kier molecular flexibility index (Phi) is 2.80. The van der Waals surface area contributed by atoms with Crippen molar-refractivity contribution >= 4 is 46.0 Å². The van der Waals surface area contributed by atoms with Crippen molar-refractivity contribution in [1.82, 2.24) is 0 Å². The minimum absolute atomic E-state index is 0.363. The summed E-state index contributed by atoms with van der Waals surface area (Å²) in [6, 6.07) is 5.53. The SMILES string of the molecule is O=C1Nc2cc(N3CCc4sccc4C3)c(Cl)cc2C1=O. The highest BCUT2D eigenvalue weighted by Crippen LogP contribution is 2.37. The van der Waals surface area contributed by atoms with Crippen LogP contribution in [0.15, 0.2) is 23.6 Å². The quantitative estimate of drug-likeness (QED) is 0.822. The highest BCUT2D eigenvalue weighted by molar-refractivity contribution is 7.10. The minimum atomic E-state index is -0.586. The van der Waals surface area contributed by atoms with Gasteiger partial charge in [0.15, 0.2) is 0 Å². The Morgan fingerprint density at radius 2 is 2.14 bits per heavy atom. The summed E-state index contributed by atoms with van der Waals surface area (Å²) in [7, 11) is 0. The molecule has 1 aromatic heterocycles. The van der Waals surface area contributed by atoms with E-state index in [1.165, 1.54) is 10.4 Å². The maximum atomic E-state index is 11.7. The zero-order chi connectivity index (χ0) is 14.6. The summed E-state index contributed by atoms with van der Waals surface area (Å²) in [5.74, 6) is -1.10. The molecule has 0 atom stereocenters. The van der Waals surface area contributed by atoms with Gasteiger partial charge in [0.2, 0.25) is 0 Å². The van der Waals surface area contributed by atoms with Gasteiger partial charge in [0.1, 0.15) is 0 Å². The van der Waals surface area contributed by atoms with E-state index in [0.29, 0.717) is 16.3 Å². The molecular weight excluding hydrogens is 308 g/mol. The predicted molar refractivity (Wildman–Crippen MR) is 83.5 cm³/mol. The fourth-order valence-corrected chi connectivity index (χ4v) is 4.02. The summed E-state index contributed by atoms with van der Waals surface area (Å²) in [4.78, 5) is 26.7. The average molecular weight is 319 g/mol. The van der Waals surface area contributed by atoms with E-state index in [1.807, 2.05) is 0 Å². The number of carbonyl (C=O) groups excluding carboxylic acids is 2. The number of hydrogen-bond donors (Lipinski definition) is 1. The number of rotatable bonds is 1. The van der Waals surface area contributed by atoms with Crippen molar-refractivity contribution in [1.29, 1.82) is 0 Å². The number of nitrogens with zero attached hydrogens (tertiary/aromatic N) is 1. The first kappa shape index (κ1) is 12.9.